The molecule has 0 radical (unpaired) electrons. The molecule has 3 aromatic rings. The van der Waals surface area contributed by atoms with Crippen LogP contribution < -0.4 is 5.32 Å². The van der Waals surface area contributed by atoms with Crippen LogP contribution >= 0.6 is 35.0 Å². The number of halogens is 2. The lowest BCUT2D eigenvalue weighted by Gasteiger charge is -2.12. The van der Waals surface area contributed by atoms with Crippen LogP contribution in [0.1, 0.15) is 11.3 Å². The van der Waals surface area contributed by atoms with Gasteiger partial charge in [0.25, 0.3) is 11.1 Å². The highest BCUT2D eigenvalue weighted by Gasteiger charge is 2.36. The molecule has 1 aromatic heterocycles. The molecule has 2 aromatic carbocycles. The lowest BCUT2D eigenvalue weighted by molar-refractivity contribution is -0.127. The molecule has 0 bridgehead atoms. The lowest BCUT2D eigenvalue weighted by atomic mass is 10.2. The highest BCUT2D eigenvalue weighted by molar-refractivity contribution is 8.18. The molecule has 2 heterocycles. The minimum atomic E-state index is -0.554. The summed E-state index contributed by atoms with van der Waals surface area (Å²) in [5.74, 6) is -0.144. The van der Waals surface area contributed by atoms with Crippen LogP contribution in [0.15, 0.2) is 63.9 Å². The van der Waals surface area contributed by atoms with Gasteiger partial charge in [0.15, 0.2) is 0 Å². The van der Waals surface area contributed by atoms with Crippen molar-refractivity contribution in [1.82, 2.24) is 4.90 Å². The average molecular weight is 487 g/mol. The molecule has 0 spiro atoms. The van der Waals surface area contributed by atoms with Crippen molar-refractivity contribution in [3.8, 4) is 11.3 Å². The smallest absolute Gasteiger partial charge is 0.294 e. The lowest BCUT2D eigenvalue weighted by Crippen LogP contribution is -2.36. The number of benzene rings is 2. The van der Waals surface area contributed by atoms with E-state index in [9.17, 15) is 14.4 Å². The summed E-state index contributed by atoms with van der Waals surface area (Å²) in [6, 6.07) is 15.6. The topological polar surface area (TPSA) is 79.6 Å². The first kappa shape index (κ1) is 22.2. The number of carbonyl (C=O) groups excluding carboxylic acids is 3. The standard InChI is InChI=1S/C23H16Cl2N2O4S/c1-13-3-2-4-15(9-13)26-21(28)12-27-22(29)20(32-23(27)30)11-16-6-8-19(31-16)17-7-5-14(24)10-18(17)25/h2-11H,12H2,1H3,(H,26,28)/b20-11+. The van der Waals surface area contributed by atoms with E-state index in [2.05, 4.69) is 5.32 Å². The second kappa shape index (κ2) is 9.24. The predicted molar refractivity (Wildman–Crippen MR) is 127 cm³/mol. The van der Waals surface area contributed by atoms with E-state index in [1.54, 1.807) is 42.5 Å². The maximum Gasteiger partial charge on any atom is 0.294 e. The van der Waals surface area contributed by atoms with Crippen LogP contribution in [0.5, 0.6) is 0 Å². The molecule has 1 saturated heterocycles. The predicted octanol–water partition coefficient (Wildman–Crippen LogP) is 6.24. The van der Waals surface area contributed by atoms with Crippen LogP contribution in [-0.4, -0.2) is 28.5 Å². The summed E-state index contributed by atoms with van der Waals surface area (Å²) in [7, 11) is 0. The van der Waals surface area contributed by atoms with E-state index in [0.29, 0.717) is 32.8 Å². The largest absolute Gasteiger partial charge is 0.457 e. The molecule has 3 amide bonds. The van der Waals surface area contributed by atoms with Crippen LogP contribution in [0.2, 0.25) is 10.0 Å². The number of carbonyl (C=O) groups is 3. The Balaban J connectivity index is 1.46. The fraction of sp³-hybridized carbons (Fsp3) is 0.0870. The zero-order valence-corrected chi connectivity index (χ0v) is 19.1. The Morgan fingerprint density at radius 3 is 2.69 bits per heavy atom. The maximum atomic E-state index is 12.7. The quantitative estimate of drug-likeness (QED) is 0.431. The molecule has 6 nitrogen and oxygen atoms in total. The van der Waals surface area contributed by atoms with Crippen molar-refractivity contribution >= 4 is 63.8 Å². The number of amides is 3. The Hall–Kier alpha value is -3.00. The highest BCUT2D eigenvalue weighted by Crippen LogP contribution is 2.35. The molecule has 0 saturated carbocycles. The number of nitrogens with zero attached hydrogens (tertiary/aromatic N) is 1. The Morgan fingerprint density at radius 2 is 1.94 bits per heavy atom. The first-order valence-electron chi connectivity index (χ1n) is 9.47. The molecule has 9 heteroatoms. The maximum absolute atomic E-state index is 12.7. The van der Waals surface area contributed by atoms with Crippen molar-refractivity contribution in [2.24, 2.45) is 0 Å². The average Bonchev–Trinajstić information content (AvgIpc) is 3.28. The first-order valence-corrected chi connectivity index (χ1v) is 11.0. The summed E-state index contributed by atoms with van der Waals surface area (Å²) >= 11 is 12.9. The summed E-state index contributed by atoms with van der Waals surface area (Å²) in [6.07, 6.45) is 1.47. The first-order chi connectivity index (χ1) is 15.3. The molecule has 162 valence electrons. The third-order valence-corrected chi connectivity index (χ3v) is 6.03. The SMILES string of the molecule is Cc1cccc(NC(=O)CN2C(=O)S/C(=C/c3ccc(-c4ccc(Cl)cc4Cl)o3)C2=O)c1. The Bertz CT molecular complexity index is 1270. The van der Waals surface area contributed by atoms with Gasteiger partial charge >= 0.3 is 0 Å². The molecule has 0 atom stereocenters. The number of hydrogen-bond acceptors (Lipinski definition) is 5. The van der Waals surface area contributed by atoms with Gasteiger partial charge in [-0.05, 0) is 66.7 Å². The van der Waals surface area contributed by atoms with E-state index >= 15 is 0 Å². The number of rotatable bonds is 5. The van der Waals surface area contributed by atoms with Crippen LogP contribution in [0.25, 0.3) is 17.4 Å². The van der Waals surface area contributed by atoms with Gasteiger partial charge in [0.05, 0.1) is 9.93 Å². The van der Waals surface area contributed by atoms with Gasteiger partial charge in [0.1, 0.15) is 18.1 Å². The fourth-order valence-corrected chi connectivity index (χ4v) is 4.42. The van der Waals surface area contributed by atoms with Crippen molar-refractivity contribution in [2.75, 3.05) is 11.9 Å². The highest BCUT2D eigenvalue weighted by atomic mass is 35.5. The third kappa shape index (κ3) is 4.91. The fourth-order valence-electron chi connectivity index (χ4n) is 3.10. The zero-order chi connectivity index (χ0) is 22.8. The van der Waals surface area contributed by atoms with Gasteiger partial charge in [-0.15, -0.1) is 0 Å². The number of hydrogen-bond donors (Lipinski definition) is 1. The van der Waals surface area contributed by atoms with Gasteiger partial charge in [-0.25, -0.2) is 0 Å². The molecule has 0 unspecified atom stereocenters. The van der Waals surface area contributed by atoms with Crippen molar-refractivity contribution in [2.45, 2.75) is 6.92 Å². The molecule has 0 aliphatic carbocycles. The number of aryl methyl sites for hydroxylation is 1. The van der Waals surface area contributed by atoms with Gasteiger partial charge < -0.3 is 9.73 Å². The van der Waals surface area contributed by atoms with Gasteiger partial charge in [-0.2, -0.15) is 0 Å². The molecular weight excluding hydrogens is 471 g/mol. The summed E-state index contributed by atoms with van der Waals surface area (Å²) in [5, 5.41) is 3.11. The summed E-state index contributed by atoms with van der Waals surface area (Å²) in [5.41, 5.74) is 2.23. The van der Waals surface area contributed by atoms with Gasteiger partial charge in [-0.3, -0.25) is 19.3 Å². The second-order valence-corrected chi connectivity index (χ2v) is 8.85. The van der Waals surface area contributed by atoms with Crippen molar-refractivity contribution < 1.29 is 18.8 Å². The van der Waals surface area contributed by atoms with Gasteiger partial charge in [0.2, 0.25) is 5.91 Å². The second-order valence-electron chi connectivity index (χ2n) is 7.01. The molecule has 4 rings (SSSR count). The number of anilines is 1. The van der Waals surface area contributed by atoms with Crippen molar-refractivity contribution in [3.05, 3.63) is 80.9 Å². The molecular formula is C23H16Cl2N2O4S. The van der Waals surface area contributed by atoms with E-state index in [-0.39, 0.29) is 11.4 Å². The normalized spacial score (nSPS) is 15.0. The number of nitrogens with one attached hydrogen (secondary N) is 1. The molecule has 32 heavy (non-hydrogen) atoms. The summed E-state index contributed by atoms with van der Waals surface area (Å²) in [6.45, 7) is 1.53. The van der Waals surface area contributed by atoms with E-state index in [1.807, 2.05) is 19.1 Å². The summed E-state index contributed by atoms with van der Waals surface area (Å²) in [4.78, 5) is 38.4. The van der Waals surface area contributed by atoms with E-state index < -0.39 is 17.1 Å². The molecule has 1 aliphatic rings. The van der Waals surface area contributed by atoms with Gasteiger partial charge in [-0.1, -0.05) is 35.3 Å². The Labute approximate surface area is 198 Å². The van der Waals surface area contributed by atoms with E-state index in [1.165, 1.54) is 6.08 Å². The van der Waals surface area contributed by atoms with Gasteiger partial charge in [0, 0.05) is 22.3 Å². The number of thioether (sulfide) groups is 1. The Kier molecular flexibility index (Phi) is 6.41. The van der Waals surface area contributed by atoms with Crippen LogP contribution in [-0.2, 0) is 9.59 Å². The zero-order valence-electron chi connectivity index (χ0n) is 16.7. The Morgan fingerprint density at radius 1 is 1.12 bits per heavy atom. The van der Waals surface area contributed by atoms with E-state index in [4.69, 9.17) is 27.6 Å². The van der Waals surface area contributed by atoms with Crippen LogP contribution in [0.3, 0.4) is 0 Å². The minimum absolute atomic E-state index is 0.168. The number of imide groups is 1. The van der Waals surface area contributed by atoms with Crippen molar-refractivity contribution in [1.29, 1.82) is 0 Å². The molecule has 1 N–H and O–H groups in total. The minimum Gasteiger partial charge on any atom is -0.457 e. The molecule has 1 fully saturated rings. The van der Waals surface area contributed by atoms with Crippen LogP contribution in [0, 0.1) is 6.92 Å². The van der Waals surface area contributed by atoms with Crippen molar-refractivity contribution in [3.63, 3.8) is 0 Å². The number of furan rings is 1. The third-order valence-electron chi connectivity index (χ3n) is 4.57. The van der Waals surface area contributed by atoms with Crippen LogP contribution in [0.4, 0.5) is 10.5 Å². The molecule has 1 aliphatic heterocycles. The summed E-state index contributed by atoms with van der Waals surface area (Å²) < 4.78 is 5.76. The monoisotopic (exact) mass is 486 g/mol. The van der Waals surface area contributed by atoms with E-state index in [0.717, 1.165) is 22.2 Å².